The predicted molar refractivity (Wildman–Crippen MR) is 81.9 cm³/mol. The van der Waals surface area contributed by atoms with Gasteiger partial charge in [-0.15, -0.1) is 0 Å². The maximum absolute atomic E-state index is 11.6. The molecule has 0 spiro atoms. The van der Waals surface area contributed by atoms with E-state index in [4.69, 9.17) is 11.6 Å². The summed E-state index contributed by atoms with van der Waals surface area (Å²) in [4.78, 5) is 23.2. The van der Waals surface area contributed by atoms with Crippen molar-refractivity contribution in [2.24, 2.45) is 11.8 Å². The molecule has 2 unspecified atom stereocenters. The lowest BCUT2D eigenvalue weighted by atomic mass is 9.78. The first kappa shape index (κ1) is 17.5. The molecule has 2 atom stereocenters. The minimum Gasteiger partial charge on any atom is -0.481 e. The van der Waals surface area contributed by atoms with Crippen molar-refractivity contribution in [3.63, 3.8) is 0 Å². The first-order valence-corrected chi connectivity index (χ1v) is 7.30. The summed E-state index contributed by atoms with van der Waals surface area (Å²) in [6, 6.07) is 4.94. The monoisotopic (exact) mass is 312 g/mol. The molecule has 4 nitrogen and oxygen atoms in total. The van der Waals surface area contributed by atoms with Crippen LogP contribution in [-0.2, 0) is 9.59 Å². The number of halogens is 1. The van der Waals surface area contributed by atoms with Crippen LogP contribution < -0.4 is 0 Å². The number of aliphatic carboxylic acids is 2. The van der Waals surface area contributed by atoms with Gasteiger partial charge in [-0.25, -0.2) is 0 Å². The Morgan fingerprint density at radius 1 is 0.952 bits per heavy atom. The van der Waals surface area contributed by atoms with Crippen LogP contribution in [0.4, 0.5) is 0 Å². The molecule has 0 saturated heterocycles. The minimum absolute atomic E-state index is 0.165. The van der Waals surface area contributed by atoms with Crippen LogP contribution in [0.5, 0.6) is 0 Å². The highest BCUT2D eigenvalue weighted by atomic mass is 35.5. The van der Waals surface area contributed by atoms with Crippen molar-refractivity contribution in [2.75, 3.05) is 0 Å². The average Bonchev–Trinajstić information content (AvgIpc) is 2.31. The standard InChI is InChI=1S/C16H21ClO4/c1-8(2)12(15(18)19)10-6-5-7-11(17)14(10)13(9(3)4)16(20)21/h5-9,12-13H,1-4H3,(H,18,19)(H,20,21). The van der Waals surface area contributed by atoms with Gasteiger partial charge in [0.1, 0.15) is 0 Å². The first-order chi connectivity index (χ1) is 9.68. The summed E-state index contributed by atoms with van der Waals surface area (Å²) in [5.41, 5.74) is 0.911. The van der Waals surface area contributed by atoms with Gasteiger partial charge in [-0.05, 0) is 29.0 Å². The molecule has 0 amide bonds. The quantitative estimate of drug-likeness (QED) is 0.833. The molecule has 0 aliphatic rings. The molecule has 21 heavy (non-hydrogen) atoms. The Balaban J connectivity index is 3.58. The van der Waals surface area contributed by atoms with Gasteiger partial charge in [-0.2, -0.15) is 0 Å². The van der Waals surface area contributed by atoms with E-state index in [1.165, 1.54) is 0 Å². The van der Waals surface area contributed by atoms with Gasteiger partial charge in [0.15, 0.2) is 0 Å². The first-order valence-electron chi connectivity index (χ1n) is 6.92. The fourth-order valence-corrected chi connectivity index (χ4v) is 2.97. The highest BCUT2D eigenvalue weighted by molar-refractivity contribution is 6.31. The van der Waals surface area contributed by atoms with E-state index < -0.39 is 23.8 Å². The third-order valence-corrected chi connectivity index (χ3v) is 3.93. The highest BCUT2D eigenvalue weighted by Crippen LogP contribution is 2.39. The molecule has 1 rings (SSSR count). The van der Waals surface area contributed by atoms with Gasteiger partial charge in [0.05, 0.1) is 11.8 Å². The lowest BCUT2D eigenvalue weighted by Gasteiger charge is -2.26. The number of rotatable bonds is 6. The molecule has 5 heteroatoms. The lowest BCUT2D eigenvalue weighted by Crippen LogP contribution is -2.24. The van der Waals surface area contributed by atoms with E-state index in [2.05, 4.69) is 0 Å². The van der Waals surface area contributed by atoms with Crippen molar-refractivity contribution in [1.29, 1.82) is 0 Å². The number of hydrogen-bond acceptors (Lipinski definition) is 2. The van der Waals surface area contributed by atoms with Crippen molar-refractivity contribution >= 4 is 23.5 Å². The molecule has 0 aromatic heterocycles. The summed E-state index contributed by atoms with van der Waals surface area (Å²) in [7, 11) is 0. The highest BCUT2D eigenvalue weighted by Gasteiger charge is 2.33. The smallest absolute Gasteiger partial charge is 0.311 e. The Bertz CT molecular complexity index is 537. The van der Waals surface area contributed by atoms with Crippen LogP contribution in [0.25, 0.3) is 0 Å². The van der Waals surface area contributed by atoms with E-state index in [1.54, 1.807) is 45.9 Å². The summed E-state index contributed by atoms with van der Waals surface area (Å²) in [5, 5.41) is 19.3. The molecule has 0 fully saturated rings. The van der Waals surface area contributed by atoms with Gasteiger partial charge in [0.2, 0.25) is 0 Å². The SMILES string of the molecule is CC(C)C(C(=O)O)c1cccc(Cl)c1C(C(=O)O)C(C)C. The van der Waals surface area contributed by atoms with Crippen LogP contribution in [0.2, 0.25) is 5.02 Å². The molecule has 0 heterocycles. The van der Waals surface area contributed by atoms with Gasteiger partial charge >= 0.3 is 11.9 Å². The maximum Gasteiger partial charge on any atom is 0.311 e. The second kappa shape index (κ2) is 6.94. The predicted octanol–water partition coefficient (Wildman–Crippen LogP) is 3.99. The van der Waals surface area contributed by atoms with Crippen LogP contribution in [0.3, 0.4) is 0 Å². The molecule has 116 valence electrons. The topological polar surface area (TPSA) is 74.6 Å². The van der Waals surface area contributed by atoms with E-state index in [0.717, 1.165) is 0 Å². The third-order valence-electron chi connectivity index (χ3n) is 3.60. The average molecular weight is 313 g/mol. The Hall–Kier alpha value is -1.55. The van der Waals surface area contributed by atoms with E-state index in [-0.39, 0.29) is 11.8 Å². The summed E-state index contributed by atoms with van der Waals surface area (Å²) in [6.07, 6.45) is 0. The van der Waals surface area contributed by atoms with E-state index in [0.29, 0.717) is 16.1 Å². The van der Waals surface area contributed by atoms with Crippen LogP contribution in [-0.4, -0.2) is 22.2 Å². The number of carboxylic acid groups (broad SMARTS) is 2. The Kier molecular flexibility index (Phi) is 5.78. The van der Waals surface area contributed by atoms with E-state index in [1.807, 2.05) is 0 Å². The van der Waals surface area contributed by atoms with Crippen molar-refractivity contribution in [3.8, 4) is 0 Å². The molecule has 0 bridgehead atoms. The minimum atomic E-state index is -0.993. The fourth-order valence-electron chi connectivity index (χ4n) is 2.67. The molecule has 0 aliphatic heterocycles. The second-order valence-electron chi connectivity index (χ2n) is 5.86. The molecule has 0 saturated carbocycles. The molecule has 0 radical (unpaired) electrons. The van der Waals surface area contributed by atoms with Crippen LogP contribution in [0.1, 0.15) is 50.7 Å². The maximum atomic E-state index is 11.6. The molecule has 1 aromatic rings. The van der Waals surface area contributed by atoms with E-state index in [9.17, 15) is 19.8 Å². The number of benzene rings is 1. The van der Waals surface area contributed by atoms with Gasteiger partial charge in [-0.1, -0.05) is 51.4 Å². The van der Waals surface area contributed by atoms with Gasteiger partial charge in [0, 0.05) is 5.02 Å². The number of carbonyl (C=O) groups is 2. The van der Waals surface area contributed by atoms with Crippen molar-refractivity contribution in [2.45, 2.75) is 39.5 Å². The van der Waals surface area contributed by atoms with Crippen LogP contribution >= 0.6 is 11.6 Å². The van der Waals surface area contributed by atoms with Crippen molar-refractivity contribution in [3.05, 3.63) is 34.3 Å². The zero-order valence-corrected chi connectivity index (χ0v) is 13.4. The second-order valence-corrected chi connectivity index (χ2v) is 6.27. The zero-order valence-electron chi connectivity index (χ0n) is 12.6. The molecule has 2 N–H and O–H groups in total. The Morgan fingerprint density at radius 2 is 1.43 bits per heavy atom. The third kappa shape index (κ3) is 3.76. The van der Waals surface area contributed by atoms with Crippen LogP contribution in [0, 0.1) is 11.8 Å². The molecular weight excluding hydrogens is 292 g/mol. The normalized spacial score (nSPS) is 14.2. The van der Waals surface area contributed by atoms with Crippen LogP contribution in [0.15, 0.2) is 18.2 Å². The van der Waals surface area contributed by atoms with Crippen molar-refractivity contribution in [1.82, 2.24) is 0 Å². The summed E-state index contributed by atoms with van der Waals surface area (Å²) >= 11 is 6.21. The molecule has 1 aromatic carbocycles. The van der Waals surface area contributed by atoms with Gasteiger partial charge < -0.3 is 10.2 Å². The molecular formula is C16H21ClO4. The Labute approximate surface area is 129 Å². The van der Waals surface area contributed by atoms with E-state index >= 15 is 0 Å². The largest absolute Gasteiger partial charge is 0.481 e. The van der Waals surface area contributed by atoms with Crippen molar-refractivity contribution < 1.29 is 19.8 Å². The Morgan fingerprint density at radius 3 is 1.81 bits per heavy atom. The fraction of sp³-hybridized carbons (Fsp3) is 0.500. The molecule has 0 aliphatic carbocycles. The van der Waals surface area contributed by atoms with Gasteiger partial charge in [0.25, 0.3) is 0 Å². The summed E-state index contributed by atoms with van der Waals surface area (Å²) in [6.45, 7) is 7.18. The van der Waals surface area contributed by atoms with Gasteiger partial charge in [-0.3, -0.25) is 9.59 Å². The number of hydrogen-bond donors (Lipinski definition) is 2. The lowest BCUT2D eigenvalue weighted by molar-refractivity contribution is -0.141. The summed E-state index contributed by atoms with van der Waals surface area (Å²) in [5.74, 6) is -3.92. The zero-order chi connectivity index (χ0) is 16.3. The number of carboxylic acids is 2. The summed E-state index contributed by atoms with van der Waals surface area (Å²) < 4.78 is 0.